The molecule has 3 aromatic rings. The summed E-state index contributed by atoms with van der Waals surface area (Å²) < 4.78 is 10.9. The van der Waals surface area contributed by atoms with Gasteiger partial charge < -0.3 is 14.4 Å². The average molecular weight is 397 g/mol. The molecule has 7 nitrogen and oxygen atoms in total. The lowest BCUT2D eigenvalue weighted by Crippen LogP contribution is -2.41. The SMILES string of the molecule is COc1cc2c(cc1OC)C(c1cccs1)N(C(=O)c1ccc(=O)[nH]n1)CC2. The van der Waals surface area contributed by atoms with Gasteiger partial charge in [0.15, 0.2) is 11.5 Å². The Morgan fingerprint density at radius 1 is 1.21 bits per heavy atom. The Morgan fingerprint density at radius 3 is 2.64 bits per heavy atom. The third kappa shape index (κ3) is 3.16. The average Bonchev–Trinajstić information content (AvgIpc) is 3.26. The topological polar surface area (TPSA) is 84.5 Å². The van der Waals surface area contributed by atoms with Gasteiger partial charge in [-0.15, -0.1) is 11.3 Å². The molecule has 1 aliphatic heterocycles. The summed E-state index contributed by atoms with van der Waals surface area (Å²) in [5.41, 5.74) is 2.00. The molecule has 0 saturated carbocycles. The highest BCUT2D eigenvalue weighted by Crippen LogP contribution is 2.42. The van der Waals surface area contributed by atoms with Gasteiger partial charge in [0, 0.05) is 17.5 Å². The molecule has 3 heterocycles. The molecule has 0 radical (unpaired) electrons. The Bertz CT molecular complexity index is 1040. The van der Waals surface area contributed by atoms with Gasteiger partial charge in [0.2, 0.25) is 0 Å². The van der Waals surface area contributed by atoms with Crippen molar-refractivity contribution in [1.82, 2.24) is 15.1 Å². The lowest BCUT2D eigenvalue weighted by Gasteiger charge is -2.37. The van der Waals surface area contributed by atoms with Crippen LogP contribution in [-0.2, 0) is 6.42 Å². The summed E-state index contributed by atoms with van der Waals surface area (Å²) in [6, 6.07) is 10.4. The lowest BCUT2D eigenvalue weighted by atomic mass is 9.90. The number of amides is 1. The molecule has 0 aliphatic carbocycles. The first-order chi connectivity index (χ1) is 13.6. The predicted octanol–water partition coefficient (Wildman–Crippen LogP) is 2.64. The highest BCUT2D eigenvalue weighted by Gasteiger charge is 2.35. The van der Waals surface area contributed by atoms with Crippen molar-refractivity contribution < 1.29 is 14.3 Å². The van der Waals surface area contributed by atoms with E-state index in [1.165, 1.54) is 12.1 Å². The Kier molecular flexibility index (Phi) is 4.87. The minimum absolute atomic E-state index is 0.213. The van der Waals surface area contributed by atoms with Crippen molar-refractivity contribution in [1.29, 1.82) is 0 Å². The first kappa shape index (κ1) is 18.2. The van der Waals surface area contributed by atoms with Crippen molar-refractivity contribution >= 4 is 17.2 Å². The summed E-state index contributed by atoms with van der Waals surface area (Å²) in [5, 5.41) is 8.24. The standard InChI is InChI=1S/C20H19N3O4S/c1-26-15-10-12-7-8-23(20(25)14-5-6-18(24)22-21-14)19(17-4-3-9-28-17)13(12)11-16(15)27-2/h3-6,9-11,19H,7-8H2,1-2H3,(H,22,24). The molecule has 0 bridgehead atoms. The molecule has 0 spiro atoms. The van der Waals surface area contributed by atoms with E-state index in [4.69, 9.17) is 9.47 Å². The monoisotopic (exact) mass is 397 g/mol. The fraction of sp³-hybridized carbons (Fsp3) is 0.250. The molecular weight excluding hydrogens is 378 g/mol. The van der Waals surface area contributed by atoms with Gasteiger partial charge in [0.05, 0.1) is 20.3 Å². The lowest BCUT2D eigenvalue weighted by molar-refractivity contribution is 0.0689. The Morgan fingerprint density at radius 2 is 2.00 bits per heavy atom. The van der Waals surface area contributed by atoms with Crippen LogP contribution in [0.5, 0.6) is 11.5 Å². The molecule has 1 amide bonds. The second-order valence-corrected chi connectivity index (χ2v) is 7.36. The van der Waals surface area contributed by atoms with E-state index in [1.807, 2.05) is 29.6 Å². The molecule has 1 atom stereocenters. The zero-order chi connectivity index (χ0) is 19.7. The predicted molar refractivity (Wildman–Crippen MR) is 105 cm³/mol. The zero-order valence-electron chi connectivity index (χ0n) is 15.5. The number of carbonyl (C=O) groups is 1. The number of nitrogens with zero attached hydrogens (tertiary/aromatic N) is 2. The van der Waals surface area contributed by atoms with Gasteiger partial charge >= 0.3 is 0 Å². The zero-order valence-corrected chi connectivity index (χ0v) is 16.3. The van der Waals surface area contributed by atoms with Crippen molar-refractivity contribution in [2.24, 2.45) is 0 Å². The van der Waals surface area contributed by atoms with Crippen LogP contribution < -0.4 is 15.0 Å². The normalized spacial score (nSPS) is 15.8. The summed E-state index contributed by atoms with van der Waals surface area (Å²) in [4.78, 5) is 27.3. The van der Waals surface area contributed by atoms with E-state index >= 15 is 0 Å². The van der Waals surface area contributed by atoms with Crippen LogP contribution in [0.4, 0.5) is 0 Å². The number of benzene rings is 1. The quantitative estimate of drug-likeness (QED) is 0.732. The van der Waals surface area contributed by atoms with Crippen molar-refractivity contribution in [3.63, 3.8) is 0 Å². The number of H-pyrrole nitrogens is 1. The van der Waals surface area contributed by atoms with Crippen LogP contribution in [0.3, 0.4) is 0 Å². The van der Waals surface area contributed by atoms with Crippen LogP contribution in [0.25, 0.3) is 0 Å². The highest BCUT2D eigenvalue weighted by molar-refractivity contribution is 7.10. The number of hydrogen-bond acceptors (Lipinski definition) is 6. The van der Waals surface area contributed by atoms with Crippen molar-refractivity contribution in [3.05, 3.63) is 73.8 Å². The summed E-state index contributed by atoms with van der Waals surface area (Å²) in [6.07, 6.45) is 0.687. The smallest absolute Gasteiger partial charge is 0.275 e. The number of rotatable bonds is 4. The number of thiophene rings is 1. The molecule has 8 heteroatoms. The van der Waals surface area contributed by atoms with Gasteiger partial charge in [-0.2, -0.15) is 5.10 Å². The second kappa shape index (κ2) is 7.47. The van der Waals surface area contributed by atoms with Crippen LogP contribution in [-0.4, -0.2) is 41.8 Å². The number of aromatic nitrogens is 2. The van der Waals surface area contributed by atoms with Crippen LogP contribution in [0.15, 0.2) is 46.6 Å². The molecule has 4 rings (SSSR count). The molecule has 144 valence electrons. The second-order valence-electron chi connectivity index (χ2n) is 6.38. The maximum atomic E-state index is 13.2. The molecule has 28 heavy (non-hydrogen) atoms. The van der Waals surface area contributed by atoms with Crippen LogP contribution >= 0.6 is 11.3 Å². The number of hydrogen-bond donors (Lipinski definition) is 1. The van der Waals surface area contributed by atoms with E-state index in [1.54, 1.807) is 30.5 Å². The van der Waals surface area contributed by atoms with Crippen molar-refractivity contribution in [3.8, 4) is 11.5 Å². The van der Waals surface area contributed by atoms with Crippen LogP contribution in [0.2, 0.25) is 0 Å². The minimum Gasteiger partial charge on any atom is -0.493 e. The van der Waals surface area contributed by atoms with Crippen molar-refractivity contribution in [2.45, 2.75) is 12.5 Å². The van der Waals surface area contributed by atoms with Gasteiger partial charge in [0.1, 0.15) is 5.69 Å². The van der Waals surface area contributed by atoms with Crippen LogP contribution in [0.1, 0.15) is 32.5 Å². The maximum Gasteiger partial charge on any atom is 0.275 e. The number of carbonyl (C=O) groups excluding carboxylic acids is 1. The first-order valence-corrected chi connectivity index (χ1v) is 9.65. The Hall–Kier alpha value is -3.13. The number of aromatic amines is 1. The summed E-state index contributed by atoms with van der Waals surface area (Å²) in [5.74, 6) is 1.07. The highest BCUT2D eigenvalue weighted by atomic mass is 32.1. The summed E-state index contributed by atoms with van der Waals surface area (Å²) in [7, 11) is 3.21. The van der Waals surface area contributed by atoms with E-state index in [0.717, 1.165) is 16.0 Å². The molecule has 1 aliphatic rings. The molecule has 1 unspecified atom stereocenters. The van der Waals surface area contributed by atoms with Gasteiger partial charge in [-0.05, 0) is 47.2 Å². The molecule has 1 aromatic carbocycles. The number of fused-ring (bicyclic) bond motifs is 1. The molecule has 0 saturated heterocycles. The largest absolute Gasteiger partial charge is 0.493 e. The van der Waals surface area contributed by atoms with E-state index in [9.17, 15) is 9.59 Å². The summed E-state index contributed by atoms with van der Waals surface area (Å²) >= 11 is 1.59. The fourth-order valence-electron chi connectivity index (χ4n) is 3.53. The van der Waals surface area contributed by atoms with E-state index < -0.39 is 0 Å². The van der Waals surface area contributed by atoms with Gasteiger partial charge in [-0.3, -0.25) is 9.59 Å². The molecular formula is C20H19N3O4S. The minimum atomic E-state index is -0.341. The van der Waals surface area contributed by atoms with E-state index in [0.29, 0.717) is 24.5 Å². The van der Waals surface area contributed by atoms with E-state index in [2.05, 4.69) is 10.2 Å². The summed E-state index contributed by atoms with van der Waals surface area (Å²) in [6.45, 7) is 0.532. The first-order valence-electron chi connectivity index (χ1n) is 8.77. The number of ether oxygens (including phenoxy) is 2. The van der Waals surface area contributed by atoms with E-state index in [-0.39, 0.29) is 23.2 Å². The number of nitrogens with one attached hydrogen (secondary N) is 1. The maximum absolute atomic E-state index is 13.2. The van der Waals surface area contributed by atoms with Gasteiger partial charge in [0.25, 0.3) is 11.5 Å². The van der Waals surface area contributed by atoms with Gasteiger partial charge in [-0.25, -0.2) is 5.10 Å². The third-order valence-corrected chi connectivity index (χ3v) is 5.77. The Balaban J connectivity index is 1.82. The fourth-order valence-corrected chi connectivity index (χ4v) is 4.38. The molecule has 0 fully saturated rings. The van der Waals surface area contributed by atoms with Gasteiger partial charge in [-0.1, -0.05) is 6.07 Å². The van der Waals surface area contributed by atoms with Crippen LogP contribution in [0, 0.1) is 0 Å². The third-order valence-electron chi connectivity index (χ3n) is 4.85. The molecule has 2 aromatic heterocycles. The molecule has 1 N–H and O–H groups in total. The Labute approximate surface area is 165 Å². The van der Waals surface area contributed by atoms with Crippen molar-refractivity contribution in [2.75, 3.05) is 20.8 Å². The number of methoxy groups -OCH3 is 2.